The van der Waals surface area contributed by atoms with Crippen LogP contribution in [-0.2, 0) is 22.6 Å². The maximum atomic E-state index is 13.7. The molecule has 3 aromatic carbocycles. The molecular weight excluding hydrogens is 507 g/mol. The van der Waals surface area contributed by atoms with Crippen LogP contribution in [0, 0.1) is 0 Å². The lowest BCUT2D eigenvalue weighted by atomic mass is 10.0. The number of benzene rings is 3. The summed E-state index contributed by atoms with van der Waals surface area (Å²) in [6.45, 7) is 4.48. The van der Waals surface area contributed by atoms with Crippen molar-refractivity contribution < 1.29 is 14.3 Å². The van der Waals surface area contributed by atoms with Crippen molar-refractivity contribution in [2.45, 2.75) is 58.2 Å². The molecule has 2 amide bonds. The SMILES string of the molecule is CC[C@@H](C)NC(=O)[C@H](Cc1ccccc1)N(Cc1c(Cl)cccc1Cl)C(=O)CCCOc1ccccc1. The predicted molar refractivity (Wildman–Crippen MR) is 150 cm³/mol. The van der Waals surface area contributed by atoms with E-state index in [1.165, 1.54) is 0 Å². The minimum atomic E-state index is -0.730. The van der Waals surface area contributed by atoms with Gasteiger partial charge in [0, 0.05) is 41.0 Å². The Morgan fingerprint density at radius 3 is 2.16 bits per heavy atom. The average molecular weight is 542 g/mol. The number of para-hydroxylation sites is 1. The number of hydrogen-bond acceptors (Lipinski definition) is 3. The van der Waals surface area contributed by atoms with Gasteiger partial charge < -0.3 is 15.0 Å². The zero-order valence-electron chi connectivity index (χ0n) is 21.3. The van der Waals surface area contributed by atoms with E-state index in [2.05, 4.69) is 5.32 Å². The lowest BCUT2D eigenvalue weighted by molar-refractivity contribution is -0.141. The zero-order valence-corrected chi connectivity index (χ0v) is 22.8. The number of amides is 2. The molecule has 0 unspecified atom stereocenters. The summed E-state index contributed by atoms with van der Waals surface area (Å²) in [6.07, 6.45) is 1.88. The molecule has 0 aromatic heterocycles. The Labute approximate surface area is 229 Å². The molecule has 1 N–H and O–H groups in total. The molecule has 2 atom stereocenters. The number of halogens is 2. The predicted octanol–water partition coefficient (Wildman–Crippen LogP) is 6.71. The van der Waals surface area contributed by atoms with Crippen LogP contribution in [0.2, 0.25) is 10.0 Å². The van der Waals surface area contributed by atoms with Crippen LogP contribution in [0.3, 0.4) is 0 Å². The average Bonchev–Trinajstić information content (AvgIpc) is 2.91. The second-order valence-corrected chi connectivity index (χ2v) is 9.82. The highest BCUT2D eigenvalue weighted by Gasteiger charge is 2.31. The summed E-state index contributed by atoms with van der Waals surface area (Å²) in [5, 5.41) is 3.98. The molecular formula is C30H34Cl2N2O3. The van der Waals surface area contributed by atoms with Gasteiger partial charge in [0.05, 0.1) is 6.61 Å². The zero-order chi connectivity index (χ0) is 26.6. The van der Waals surface area contributed by atoms with E-state index in [0.29, 0.717) is 35.1 Å². The van der Waals surface area contributed by atoms with Crippen LogP contribution >= 0.6 is 23.2 Å². The second-order valence-electron chi connectivity index (χ2n) is 9.01. The minimum absolute atomic E-state index is 0.0223. The van der Waals surface area contributed by atoms with Crippen molar-refractivity contribution in [1.29, 1.82) is 0 Å². The summed E-state index contributed by atoms with van der Waals surface area (Å²) < 4.78 is 5.77. The van der Waals surface area contributed by atoms with E-state index in [9.17, 15) is 9.59 Å². The summed E-state index contributed by atoms with van der Waals surface area (Å²) >= 11 is 13.0. The topological polar surface area (TPSA) is 58.6 Å². The first-order valence-electron chi connectivity index (χ1n) is 12.6. The van der Waals surface area contributed by atoms with Crippen LogP contribution in [0.15, 0.2) is 78.9 Å². The van der Waals surface area contributed by atoms with Gasteiger partial charge in [0.1, 0.15) is 11.8 Å². The fraction of sp³-hybridized carbons (Fsp3) is 0.333. The third kappa shape index (κ3) is 8.80. The molecule has 0 spiro atoms. The summed E-state index contributed by atoms with van der Waals surface area (Å²) in [4.78, 5) is 28.8. The molecule has 0 aliphatic carbocycles. The maximum absolute atomic E-state index is 13.7. The van der Waals surface area contributed by atoms with Crippen molar-refractivity contribution >= 4 is 35.0 Å². The third-order valence-electron chi connectivity index (χ3n) is 6.21. The van der Waals surface area contributed by atoms with Gasteiger partial charge >= 0.3 is 0 Å². The van der Waals surface area contributed by atoms with Gasteiger partial charge in [-0.2, -0.15) is 0 Å². The largest absolute Gasteiger partial charge is 0.494 e. The highest BCUT2D eigenvalue weighted by Crippen LogP contribution is 2.27. The van der Waals surface area contributed by atoms with Gasteiger partial charge in [-0.15, -0.1) is 0 Å². The van der Waals surface area contributed by atoms with Crippen LogP contribution < -0.4 is 10.1 Å². The third-order valence-corrected chi connectivity index (χ3v) is 6.92. The first-order chi connectivity index (χ1) is 17.9. The Hall–Kier alpha value is -3.02. The van der Waals surface area contributed by atoms with E-state index in [-0.39, 0.29) is 30.8 Å². The molecule has 5 nitrogen and oxygen atoms in total. The van der Waals surface area contributed by atoms with E-state index in [0.717, 1.165) is 17.7 Å². The van der Waals surface area contributed by atoms with E-state index < -0.39 is 6.04 Å². The Kier molecular flexibility index (Phi) is 11.3. The van der Waals surface area contributed by atoms with Crippen LogP contribution in [0.4, 0.5) is 0 Å². The molecule has 0 radical (unpaired) electrons. The molecule has 0 bridgehead atoms. The van der Waals surface area contributed by atoms with E-state index in [4.69, 9.17) is 27.9 Å². The van der Waals surface area contributed by atoms with Crippen molar-refractivity contribution in [2.24, 2.45) is 0 Å². The normalized spacial score (nSPS) is 12.4. The molecule has 0 fully saturated rings. The Morgan fingerprint density at radius 2 is 1.54 bits per heavy atom. The molecule has 3 rings (SSSR count). The molecule has 3 aromatic rings. The van der Waals surface area contributed by atoms with Gasteiger partial charge in [-0.05, 0) is 49.6 Å². The molecule has 0 aliphatic rings. The van der Waals surface area contributed by atoms with Crippen molar-refractivity contribution in [3.05, 3.63) is 100 Å². The van der Waals surface area contributed by atoms with Crippen molar-refractivity contribution in [3.8, 4) is 5.75 Å². The molecule has 0 heterocycles. The standard InChI is InChI=1S/C30H34Cl2N2O3/c1-3-22(2)33-30(36)28(20-23-12-6-4-7-13-23)34(21-25-26(31)16-10-17-27(25)32)29(35)18-11-19-37-24-14-8-5-9-15-24/h4-10,12-17,22,28H,3,11,18-21H2,1-2H3,(H,33,36)/t22-,28+/m1/s1. The van der Waals surface area contributed by atoms with Crippen LogP contribution in [0.25, 0.3) is 0 Å². The van der Waals surface area contributed by atoms with Crippen molar-refractivity contribution in [1.82, 2.24) is 10.2 Å². The molecule has 37 heavy (non-hydrogen) atoms. The summed E-state index contributed by atoms with van der Waals surface area (Å²) in [6, 6.07) is 23.7. The lowest BCUT2D eigenvalue weighted by Crippen LogP contribution is -2.52. The Morgan fingerprint density at radius 1 is 0.919 bits per heavy atom. The Bertz CT molecular complexity index is 1120. The monoisotopic (exact) mass is 540 g/mol. The van der Waals surface area contributed by atoms with Gasteiger partial charge in [0.25, 0.3) is 0 Å². The number of rotatable bonds is 13. The number of nitrogens with zero attached hydrogens (tertiary/aromatic N) is 1. The Balaban J connectivity index is 1.85. The van der Waals surface area contributed by atoms with Gasteiger partial charge in [0.2, 0.25) is 11.8 Å². The quantitative estimate of drug-likeness (QED) is 0.245. The first-order valence-corrected chi connectivity index (χ1v) is 13.4. The van der Waals surface area contributed by atoms with Crippen molar-refractivity contribution in [2.75, 3.05) is 6.61 Å². The van der Waals surface area contributed by atoms with E-state index >= 15 is 0 Å². The fourth-order valence-electron chi connectivity index (χ4n) is 3.92. The molecule has 0 saturated heterocycles. The summed E-state index contributed by atoms with van der Waals surface area (Å²) in [5.41, 5.74) is 1.58. The summed E-state index contributed by atoms with van der Waals surface area (Å²) in [5.74, 6) is 0.396. The number of hydrogen-bond donors (Lipinski definition) is 1. The number of ether oxygens (including phenoxy) is 1. The lowest BCUT2D eigenvalue weighted by Gasteiger charge is -2.33. The number of nitrogens with one attached hydrogen (secondary N) is 1. The smallest absolute Gasteiger partial charge is 0.243 e. The minimum Gasteiger partial charge on any atom is -0.494 e. The molecule has 7 heteroatoms. The first kappa shape index (κ1) is 28.5. The van der Waals surface area contributed by atoms with Gasteiger partial charge in [0.15, 0.2) is 0 Å². The van der Waals surface area contributed by atoms with Crippen LogP contribution in [0.5, 0.6) is 5.75 Å². The number of carbonyl (C=O) groups is 2. The fourth-order valence-corrected chi connectivity index (χ4v) is 4.44. The van der Waals surface area contributed by atoms with E-state index in [1.807, 2.05) is 74.5 Å². The van der Waals surface area contributed by atoms with E-state index in [1.54, 1.807) is 23.1 Å². The summed E-state index contributed by atoms with van der Waals surface area (Å²) in [7, 11) is 0. The molecule has 196 valence electrons. The molecule has 0 saturated carbocycles. The van der Waals surface area contributed by atoms with Crippen LogP contribution in [0.1, 0.15) is 44.2 Å². The highest BCUT2D eigenvalue weighted by molar-refractivity contribution is 6.36. The van der Waals surface area contributed by atoms with Crippen molar-refractivity contribution in [3.63, 3.8) is 0 Å². The maximum Gasteiger partial charge on any atom is 0.243 e. The molecule has 0 aliphatic heterocycles. The van der Waals surface area contributed by atoms with Gasteiger partial charge in [-0.3, -0.25) is 9.59 Å². The highest BCUT2D eigenvalue weighted by atomic mass is 35.5. The number of carbonyl (C=O) groups excluding carboxylic acids is 2. The van der Waals surface area contributed by atoms with Crippen LogP contribution in [-0.4, -0.2) is 35.4 Å². The second kappa shape index (κ2) is 14.7. The van der Waals surface area contributed by atoms with Gasteiger partial charge in [-0.25, -0.2) is 0 Å². The van der Waals surface area contributed by atoms with Gasteiger partial charge in [-0.1, -0.05) is 84.7 Å².